The van der Waals surface area contributed by atoms with E-state index in [4.69, 9.17) is 0 Å². The predicted octanol–water partition coefficient (Wildman–Crippen LogP) is 8.75. The molecule has 1 fully saturated rings. The number of Topliss-reactive ketones (excluding diaryl/α,β-unsaturated/α-hetero) is 1. The van der Waals surface area contributed by atoms with Crippen molar-refractivity contribution in [3.05, 3.63) is 113 Å². The summed E-state index contributed by atoms with van der Waals surface area (Å²) < 4.78 is 0. The molecule has 0 aliphatic carbocycles. The molecule has 0 aromatic heterocycles. The Morgan fingerprint density at radius 3 is 1.76 bits per heavy atom. The molecule has 3 heteroatoms. The van der Waals surface area contributed by atoms with E-state index in [0.29, 0.717) is 6.42 Å². The van der Waals surface area contributed by atoms with Crippen molar-refractivity contribution < 1.29 is 4.79 Å². The summed E-state index contributed by atoms with van der Waals surface area (Å²) in [6.45, 7) is 9.99. The molecule has 3 aromatic carbocycles. The van der Waals surface area contributed by atoms with Gasteiger partial charge in [0.2, 0.25) is 0 Å². The van der Waals surface area contributed by atoms with E-state index in [1.165, 1.54) is 28.7 Å². The number of carbonyl (C=O) groups is 1. The molecule has 0 atom stereocenters. The van der Waals surface area contributed by atoms with Gasteiger partial charge in [-0.1, -0.05) is 118 Å². The van der Waals surface area contributed by atoms with Gasteiger partial charge in [-0.2, -0.15) is 0 Å². The lowest BCUT2D eigenvalue weighted by molar-refractivity contribution is 0.0978. The number of nitrogens with zero attached hydrogens (tertiary/aromatic N) is 1. The number of piperidine rings is 1. The summed E-state index contributed by atoms with van der Waals surface area (Å²) in [4.78, 5) is 15.2. The minimum atomic E-state index is 0. The van der Waals surface area contributed by atoms with Gasteiger partial charge in [0.1, 0.15) is 0 Å². The van der Waals surface area contributed by atoms with Crippen molar-refractivity contribution in [2.45, 2.75) is 64.7 Å². The second kappa shape index (κ2) is 13.7. The van der Waals surface area contributed by atoms with Crippen molar-refractivity contribution in [3.8, 4) is 0 Å². The maximum atomic E-state index is 12.6. The van der Waals surface area contributed by atoms with Crippen LogP contribution in [0.5, 0.6) is 0 Å². The quantitative estimate of drug-likeness (QED) is 0.210. The van der Waals surface area contributed by atoms with Crippen molar-refractivity contribution in [2.75, 3.05) is 19.6 Å². The van der Waals surface area contributed by atoms with Gasteiger partial charge in [0, 0.05) is 25.1 Å². The minimum absolute atomic E-state index is 0. The number of benzene rings is 3. The third-order valence-electron chi connectivity index (χ3n) is 7.39. The Hall–Kier alpha value is -2.68. The van der Waals surface area contributed by atoms with Gasteiger partial charge in [-0.05, 0) is 59.9 Å². The zero-order valence-corrected chi connectivity index (χ0v) is 23.5. The van der Waals surface area contributed by atoms with Gasteiger partial charge < -0.3 is 4.90 Å². The first-order valence-corrected chi connectivity index (χ1v) is 13.6. The molecular formula is C34H42ClNO. The number of unbranched alkanes of at least 4 members (excludes halogenated alkanes) is 2. The van der Waals surface area contributed by atoms with Gasteiger partial charge in [-0.15, -0.1) is 12.4 Å². The highest BCUT2D eigenvalue weighted by Gasteiger charge is 2.19. The standard InChI is InChI=1S/C34H41NO.ClH/c1-34(2,3)31-20-18-27(19-21-31)32(36)17-11-6-12-24-35-25-22-30(23-26-35)33(28-13-7-4-8-14-28)29-15-9-5-10-16-29;/h4-5,7-10,13-16,18-21H,6,11-12,17,22-26H2,1-3H3;1H. The molecule has 3 aromatic rings. The number of likely N-dealkylation sites (tertiary alicyclic amines) is 1. The molecule has 1 heterocycles. The molecule has 2 nitrogen and oxygen atoms in total. The van der Waals surface area contributed by atoms with Gasteiger partial charge in [0.25, 0.3) is 0 Å². The van der Waals surface area contributed by atoms with Crippen molar-refractivity contribution in [1.82, 2.24) is 4.90 Å². The Morgan fingerprint density at radius 2 is 1.24 bits per heavy atom. The second-order valence-corrected chi connectivity index (χ2v) is 11.1. The Labute approximate surface area is 230 Å². The second-order valence-electron chi connectivity index (χ2n) is 11.1. The number of halogens is 1. The molecule has 0 saturated carbocycles. The molecule has 4 rings (SSSR count). The molecule has 0 unspecified atom stereocenters. The summed E-state index contributed by atoms with van der Waals surface area (Å²) in [7, 11) is 0. The summed E-state index contributed by atoms with van der Waals surface area (Å²) in [5, 5.41) is 0. The molecule has 0 amide bonds. The Kier molecular flexibility index (Phi) is 10.7. The normalized spacial score (nSPS) is 14.2. The van der Waals surface area contributed by atoms with E-state index < -0.39 is 0 Å². The summed E-state index contributed by atoms with van der Waals surface area (Å²) in [6.07, 6.45) is 6.17. The fourth-order valence-electron chi connectivity index (χ4n) is 5.18. The first-order chi connectivity index (χ1) is 17.4. The number of rotatable bonds is 9. The van der Waals surface area contributed by atoms with Crippen LogP contribution in [0, 0.1) is 0 Å². The monoisotopic (exact) mass is 515 g/mol. The molecule has 1 saturated heterocycles. The highest BCUT2D eigenvalue weighted by molar-refractivity contribution is 5.96. The van der Waals surface area contributed by atoms with Gasteiger partial charge in [0.05, 0.1) is 0 Å². The maximum Gasteiger partial charge on any atom is 0.162 e. The molecule has 196 valence electrons. The fourth-order valence-corrected chi connectivity index (χ4v) is 5.18. The topological polar surface area (TPSA) is 20.3 Å². The number of carbonyl (C=O) groups excluding carboxylic acids is 1. The average Bonchev–Trinajstić information content (AvgIpc) is 2.90. The SMILES string of the molecule is CC(C)(C)c1ccc(C(=O)CCCCCN2CCC(=C(c3ccccc3)c3ccccc3)CC2)cc1.Cl. The minimum Gasteiger partial charge on any atom is -0.303 e. The first kappa shape index (κ1) is 28.9. The predicted molar refractivity (Wildman–Crippen MR) is 160 cm³/mol. The maximum absolute atomic E-state index is 12.6. The Morgan fingerprint density at radius 1 is 0.703 bits per heavy atom. The molecule has 0 bridgehead atoms. The fraction of sp³-hybridized carbons (Fsp3) is 0.382. The zero-order chi connectivity index (χ0) is 25.4. The molecule has 0 N–H and O–H groups in total. The number of hydrogen-bond donors (Lipinski definition) is 0. The molecule has 0 radical (unpaired) electrons. The van der Waals surface area contributed by atoms with E-state index in [1.54, 1.807) is 5.57 Å². The largest absolute Gasteiger partial charge is 0.303 e. The lowest BCUT2D eigenvalue weighted by Crippen LogP contribution is -2.32. The van der Waals surface area contributed by atoms with Crippen LogP contribution in [0.3, 0.4) is 0 Å². The van der Waals surface area contributed by atoms with E-state index in [-0.39, 0.29) is 23.6 Å². The first-order valence-electron chi connectivity index (χ1n) is 13.6. The van der Waals surface area contributed by atoms with Gasteiger partial charge in [0.15, 0.2) is 5.78 Å². The average molecular weight is 516 g/mol. The Bertz CT molecular complexity index is 1090. The van der Waals surface area contributed by atoms with Crippen molar-refractivity contribution in [3.63, 3.8) is 0 Å². The van der Waals surface area contributed by atoms with Crippen LogP contribution in [0.1, 0.15) is 86.3 Å². The van der Waals surface area contributed by atoms with Crippen LogP contribution in [-0.2, 0) is 5.41 Å². The lowest BCUT2D eigenvalue weighted by atomic mass is 9.86. The lowest BCUT2D eigenvalue weighted by Gasteiger charge is -2.30. The highest BCUT2D eigenvalue weighted by Crippen LogP contribution is 2.32. The van der Waals surface area contributed by atoms with Crippen LogP contribution in [0.2, 0.25) is 0 Å². The van der Waals surface area contributed by atoms with Crippen LogP contribution in [0.15, 0.2) is 90.5 Å². The summed E-state index contributed by atoms with van der Waals surface area (Å²) >= 11 is 0. The van der Waals surface area contributed by atoms with E-state index in [1.807, 2.05) is 12.1 Å². The third kappa shape index (κ3) is 8.15. The van der Waals surface area contributed by atoms with Gasteiger partial charge in [-0.3, -0.25) is 4.79 Å². The number of hydrogen-bond acceptors (Lipinski definition) is 2. The summed E-state index contributed by atoms with van der Waals surface area (Å²) in [6, 6.07) is 29.9. The van der Waals surface area contributed by atoms with Crippen LogP contribution in [0.25, 0.3) is 5.57 Å². The van der Waals surface area contributed by atoms with Crippen LogP contribution < -0.4 is 0 Å². The van der Waals surface area contributed by atoms with Crippen molar-refractivity contribution >= 4 is 23.8 Å². The van der Waals surface area contributed by atoms with Crippen LogP contribution >= 0.6 is 12.4 Å². The molecule has 0 spiro atoms. The van der Waals surface area contributed by atoms with E-state index >= 15 is 0 Å². The van der Waals surface area contributed by atoms with Crippen molar-refractivity contribution in [1.29, 1.82) is 0 Å². The third-order valence-corrected chi connectivity index (χ3v) is 7.39. The summed E-state index contributed by atoms with van der Waals surface area (Å²) in [5.74, 6) is 0.276. The molecule has 1 aliphatic rings. The van der Waals surface area contributed by atoms with Gasteiger partial charge in [-0.25, -0.2) is 0 Å². The van der Waals surface area contributed by atoms with Crippen molar-refractivity contribution in [2.24, 2.45) is 0 Å². The highest BCUT2D eigenvalue weighted by atomic mass is 35.5. The molecule has 37 heavy (non-hydrogen) atoms. The van der Waals surface area contributed by atoms with E-state index in [2.05, 4.69) is 98.5 Å². The zero-order valence-electron chi connectivity index (χ0n) is 22.7. The van der Waals surface area contributed by atoms with E-state index in [0.717, 1.165) is 50.9 Å². The summed E-state index contributed by atoms with van der Waals surface area (Å²) in [5.41, 5.74) is 7.90. The van der Waals surface area contributed by atoms with E-state index in [9.17, 15) is 4.79 Å². The molecule has 1 aliphatic heterocycles. The Balaban J connectivity index is 0.00000380. The van der Waals surface area contributed by atoms with Gasteiger partial charge >= 0.3 is 0 Å². The smallest absolute Gasteiger partial charge is 0.162 e. The van der Waals surface area contributed by atoms with Crippen LogP contribution in [0.4, 0.5) is 0 Å². The van der Waals surface area contributed by atoms with Crippen LogP contribution in [-0.4, -0.2) is 30.3 Å². The molecular weight excluding hydrogens is 474 g/mol. The number of ketones is 1.